The minimum atomic E-state index is -4.74. The van der Waals surface area contributed by atoms with Crippen LogP contribution in [0.1, 0.15) is 16.7 Å². The largest absolute Gasteiger partial charge is 0.416 e. The second-order valence-electron chi connectivity index (χ2n) is 4.18. The molecule has 0 aliphatic rings. The highest BCUT2D eigenvalue weighted by Gasteiger charge is 2.31. The molecule has 0 aliphatic heterocycles. The van der Waals surface area contributed by atoms with Gasteiger partial charge in [0.15, 0.2) is 0 Å². The first kappa shape index (κ1) is 15.0. The molecule has 0 aliphatic carbocycles. The van der Waals surface area contributed by atoms with Gasteiger partial charge in [0.25, 0.3) is 0 Å². The Balaban J connectivity index is 2.53. The normalized spacial score (nSPS) is 12.5. The van der Waals surface area contributed by atoms with Gasteiger partial charge in [-0.1, -0.05) is 5.16 Å². The van der Waals surface area contributed by atoms with Crippen molar-refractivity contribution in [3.8, 4) is 0 Å². The summed E-state index contributed by atoms with van der Waals surface area (Å²) in [6, 6.07) is 6.30. The van der Waals surface area contributed by atoms with Crippen LogP contribution in [0.4, 0.5) is 22.0 Å². The molecule has 2 aromatic carbocycles. The molecule has 0 heterocycles. The van der Waals surface area contributed by atoms with E-state index in [9.17, 15) is 22.0 Å². The number of hydrogen-bond acceptors (Lipinski definition) is 2. The highest BCUT2D eigenvalue weighted by atomic mass is 19.4. The molecule has 110 valence electrons. The molecule has 0 saturated carbocycles. The van der Waals surface area contributed by atoms with E-state index < -0.39 is 23.4 Å². The Bertz CT molecular complexity index is 677. The molecule has 2 rings (SSSR count). The van der Waals surface area contributed by atoms with Gasteiger partial charge >= 0.3 is 6.18 Å². The summed E-state index contributed by atoms with van der Waals surface area (Å²) in [5.74, 6) is -1.69. The lowest BCUT2D eigenvalue weighted by atomic mass is 10.00. The number of hydrogen-bond donors (Lipinski definition) is 1. The topological polar surface area (TPSA) is 32.6 Å². The predicted octanol–water partition coefficient (Wildman–Crippen LogP) is 4.21. The van der Waals surface area contributed by atoms with Crippen LogP contribution >= 0.6 is 0 Å². The second kappa shape index (κ2) is 5.51. The van der Waals surface area contributed by atoms with Crippen molar-refractivity contribution < 1.29 is 27.2 Å². The van der Waals surface area contributed by atoms with Gasteiger partial charge in [0.2, 0.25) is 0 Å². The smallest absolute Gasteiger partial charge is 0.410 e. The molecule has 0 saturated heterocycles. The molecule has 0 unspecified atom stereocenters. The molecule has 21 heavy (non-hydrogen) atoms. The van der Waals surface area contributed by atoms with E-state index in [0.29, 0.717) is 12.1 Å². The SMILES string of the molecule is ON=C(c1ccc(F)cc1)c1cc(F)cc(C(F)(F)F)c1. The number of oxime groups is 1. The van der Waals surface area contributed by atoms with Crippen LogP contribution in [0.3, 0.4) is 0 Å². The highest BCUT2D eigenvalue weighted by Crippen LogP contribution is 2.31. The van der Waals surface area contributed by atoms with Crippen LogP contribution in [-0.2, 0) is 6.18 Å². The fourth-order valence-corrected chi connectivity index (χ4v) is 1.78. The van der Waals surface area contributed by atoms with Gasteiger partial charge in [-0.05, 0) is 42.5 Å². The van der Waals surface area contributed by atoms with E-state index in [1.165, 1.54) is 12.1 Å². The van der Waals surface area contributed by atoms with Crippen LogP contribution < -0.4 is 0 Å². The van der Waals surface area contributed by atoms with Gasteiger partial charge in [-0.15, -0.1) is 0 Å². The Hall–Kier alpha value is -2.44. The molecule has 0 atom stereocenters. The molecular weight excluding hydrogens is 293 g/mol. The molecule has 7 heteroatoms. The van der Waals surface area contributed by atoms with Gasteiger partial charge < -0.3 is 5.21 Å². The van der Waals surface area contributed by atoms with E-state index in [1.807, 2.05) is 0 Å². The molecule has 0 aromatic heterocycles. The molecule has 0 amide bonds. The average molecular weight is 301 g/mol. The van der Waals surface area contributed by atoms with Crippen LogP contribution in [0.5, 0.6) is 0 Å². The van der Waals surface area contributed by atoms with Gasteiger partial charge in [0.1, 0.15) is 17.3 Å². The Morgan fingerprint density at radius 2 is 1.48 bits per heavy atom. The summed E-state index contributed by atoms with van der Waals surface area (Å²) in [4.78, 5) is 0. The monoisotopic (exact) mass is 301 g/mol. The summed E-state index contributed by atoms with van der Waals surface area (Å²) in [6.45, 7) is 0. The average Bonchev–Trinajstić information content (AvgIpc) is 2.40. The number of benzene rings is 2. The van der Waals surface area contributed by atoms with Crippen molar-refractivity contribution in [2.45, 2.75) is 6.18 Å². The Morgan fingerprint density at radius 1 is 0.857 bits per heavy atom. The highest BCUT2D eigenvalue weighted by molar-refractivity contribution is 6.12. The van der Waals surface area contributed by atoms with Crippen molar-refractivity contribution in [2.24, 2.45) is 5.16 Å². The Kier molecular flexibility index (Phi) is 3.93. The zero-order valence-electron chi connectivity index (χ0n) is 10.3. The van der Waals surface area contributed by atoms with Gasteiger partial charge in [0.05, 0.1) is 5.56 Å². The fraction of sp³-hybridized carbons (Fsp3) is 0.0714. The molecule has 2 nitrogen and oxygen atoms in total. The fourth-order valence-electron chi connectivity index (χ4n) is 1.78. The molecular formula is C14H8F5NO. The van der Waals surface area contributed by atoms with Gasteiger partial charge in [-0.3, -0.25) is 0 Å². The number of halogens is 5. The lowest BCUT2D eigenvalue weighted by Crippen LogP contribution is -2.10. The third kappa shape index (κ3) is 3.36. The van der Waals surface area contributed by atoms with Gasteiger partial charge in [-0.2, -0.15) is 13.2 Å². The minimum Gasteiger partial charge on any atom is -0.410 e. The maximum Gasteiger partial charge on any atom is 0.416 e. The van der Waals surface area contributed by atoms with E-state index in [2.05, 4.69) is 5.16 Å². The van der Waals surface area contributed by atoms with Crippen LogP contribution in [0, 0.1) is 11.6 Å². The Morgan fingerprint density at radius 3 is 2.00 bits per heavy atom. The van der Waals surface area contributed by atoms with Crippen molar-refractivity contribution >= 4 is 5.71 Å². The third-order valence-electron chi connectivity index (χ3n) is 2.72. The summed E-state index contributed by atoms with van der Waals surface area (Å²) >= 11 is 0. The first-order valence-electron chi connectivity index (χ1n) is 5.67. The molecule has 0 bridgehead atoms. The van der Waals surface area contributed by atoms with Gasteiger partial charge in [-0.25, -0.2) is 8.78 Å². The second-order valence-corrected chi connectivity index (χ2v) is 4.18. The van der Waals surface area contributed by atoms with E-state index in [0.717, 1.165) is 18.2 Å². The first-order valence-corrected chi connectivity index (χ1v) is 5.67. The molecule has 0 fully saturated rings. The van der Waals surface area contributed by atoms with E-state index in [1.54, 1.807) is 0 Å². The van der Waals surface area contributed by atoms with E-state index in [-0.39, 0.29) is 16.8 Å². The lowest BCUT2D eigenvalue weighted by Gasteiger charge is -2.10. The van der Waals surface area contributed by atoms with Crippen molar-refractivity contribution in [1.29, 1.82) is 0 Å². The summed E-state index contributed by atoms with van der Waals surface area (Å²) < 4.78 is 64.1. The predicted molar refractivity (Wildman–Crippen MR) is 65.2 cm³/mol. The van der Waals surface area contributed by atoms with Crippen molar-refractivity contribution in [3.05, 3.63) is 70.8 Å². The van der Waals surface area contributed by atoms with E-state index in [4.69, 9.17) is 5.21 Å². The molecule has 1 N–H and O–H groups in total. The van der Waals surface area contributed by atoms with Crippen LogP contribution in [-0.4, -0.2) is 10.9 Å². The first-order chi connectivity index (χ1) is 9.81. The summed E-state index contributed by atoms with van der Waals surface area (Å²) in [6.07, 6.45) is -4.74. The summed E-state index contributed by atoms with van der Waals surface area (Å²) in [7, 11) is 0. The van der Waals surface area contributed by atoms with Crippen molar-refractivity contribution in [3.63, 3.8) is 0 Å². The molecule has 0 radical (unpaired) electrons. The van der Waals surface area contributed by atoms with Crippen molar-refractivity contribution in [2.75, 3.05) is 0 Å². The third-order valence-corrected chi connectivity index (χ3v) is 2.72. The summed E-state index contributed by atoms with van der Waals surface area (Å²) in [5, 5.41) is 11.9. The summed E-state index contributed by atoms with van der Waals surface area (Å²) in [5.41, 5.74) is -1.62. The quantitative estimate of drug-likeness (QED) is 0.383. The number of rotatable bonds is 2. The van der Waals surface area contributed by atoms with Crippen molar-refractivity contribution in [1.82, 2.24) is 0 Å². The number of alkyl halides is 3. The maximum atomic E-state index is 13.3. The maximum absolute atomic E-state index is 13.3. The molecule has 2 aromatic rings. The zero-order valence-corrected chi connectivity index (χ0v) is 10.3. The Labute approximate surface area is 116 Å². The standard InChI is InChI=1S/C14H8F5NO/c15-11-3-1-8(2-4-11)13(20-21)9-5-10(14(17,18)19)7-12(16)6-9/h1-7,21H. The van der Waals surface area contributed by atoms with Crippen LogP contribution in [0.2, 0.25) is 0 Å². The molecule has 0 spiro atoms. The van der Waals surface area contributed by atoms with Crippen LogP contribution in [0.15, 0.2) is 47.6 Å². The lowest BCUT2D eigenvalue weighted by molar-refractivity contribution is -0.137. The van der Waals surface area contributed by atoms with Gasteiger partial charge in [0, 0.05) is 11.1 Å². The zero-order chi connectivity index (χ0) is 15.6. The van der Waals surface area contributed by atoms with E-state index >= 15 is 0 Å². The number of nitrogens with zero attached hydrogens (tertiary/aromatic N) is 1. The minimum absolute atomic E-state index is 0.151. The van der Waals surface area contributed by atoms with Crippen LogP contribution in [0.25, 0.3) is 0 Å².